The molecule has 20 heavy (non-hydrogen) atoms. The quantitative estimate of drug-likeness (QED) is 0.316. The second kappa shape index (κ2) is 8.13. The maximum absolute atomic E-state index is 13.1. The van der Waals surface area contributed by atoms with Crippen LogP contribution in [0.1, 0.15) is 12.5 Å². The molecule has 0 radical (unpaired) electrons. The molecule has 0 saturated carbocycles. The molecule has 108 valence electrons. The third-order valence-corrected chi connectivity index (χ3v) is 1.56. The van der Waals surface area contributed by atoms with Gasteiger partial charge in [0.05, 0.1) is 11.1 Å². The van der Waals surface area contributed by atoms with E-state index in [4.69, 9.17) is 21.4 Å². The summed E-state index contributed by atoms with van der Waals surface area (Å²) in [5, 5.41) is 24.4. The molecule has 0 bridgehead atoms. The van der Waals surface area contributed by atoms with Crippen LogP contribution in [-0.2, 0) is 4.79 Å². The SMILES string of the molecule is CC(=O)O.NC(N)=N/N=C/c1cc([N+](=O)[O-])ccc1F. The third kappa shape index (κ3) is 7.32. The van der Waals surface area contributed by atoms with Crippen molar-refractivity contribution in [3.05, 3.63) is 39.7 Å². The number of aliphatic carboxylic acids is 1. The molecular weight excluding hydrogens is 273 g/mol. The Morgan fingerprint density at radius 3 is 2.50 bits per heavy atom. The minimum absolute atomic E-state index is 0.0702. The van der Waals surface area contributed by atoms with Gasteiger partial charge < -0.3 is 16.6 Å². The van der Waals surface area contributed by atoms with Crippen LogP contribution in [0.3, 0.4) is 0 Å². The first-order chi connectivity index (χ1) is 9.23. The maximum Gasteiger partial charge on any atom is 0.300 e. The summed E-state index contributed by atoms with van der Waals surface area (Å²) in [4.78, 5) is 18.8. The third-order valence-electron chi connectivity index (χ3n) is 1.56. The smallest absolute Gasteiger partial charge is 0.300 e. The zero-order chi connectivity index (χ0) is 15.7. The van der Waals surface area contributed by atoms with Crippen LogP contribution in [0.4, 0.5) is 10.1 Å². The number of carboxylic acid groups (broad SMARTS) is 1. The van der Waals surface area contributed by atoms with Gasteiger partial charge in [-0.25, -0.2) is 4.39 Å². The fourth-order valence-electron chi connectivity index (χ4n) is 0.901. The number of carbonyl (C=O) groups is 1. The lowest BCUT2D eigenvalue weighted by Gasteiger charge is -1.95. The lowest BCUT2D eigenvalue weighted by Crippen LogP contribution is -2.21. The van der Waals surface area contributed by atoms with Gasteiger partial charge >= 0.3 is 0 Å². The van der Waals surface area contributed by atoms with Crippen molar-refractivity contribution in [3.63, 3.8) is 0 Å². The molecule has 10 heteroatoms. The Morgan fingerprint density at radius 1 is 1.50 bits per heavy atom. The van der Waals surface area contributed by atoms with E-state index in [1.165, 1.54) is 0 Å². The van der Waals surface area contributed by atoms with E-state index in [1.54, 1.807) is 0 Å². The molecule has 0 aromatic heterocycles. The number of hydrogen-bond donors (Lipinski definition) is 3. The summed E-state index contributed by atoms with van der Waals surface area (Å²) in [5.41, 5.74) is 9.66. The van der Waals surface area contributed by atoms with Gasteiger partial charge in [-0.3, -0.25) is 14.9 Å². The van der Waals surface area contributed by atoms with E-state index < -0.39 is 16.7 Å². The maximum atomic E-state index is 13.1. The minimum Gasteiger partial charge on any atom is -0.481 e. The van der Waals surface area contributed by atoms with E-state index in [-0.39, 0.29) is 17.2 Å². The molecule has 0 heterocycles. The Hall–Kier alpha value is -3.04. The number of nitrogens with two attached hydrogens (primary N) is 2. The van der Waals surface area contributed by atoms with Gasteiger partial charge in [0.25, 0.3) is 11.7 Å². The Balaban J connectivity index is 0.000000796. The lowest BCUT2D eigenvalue weighted by molar-refractivity contribution is -0.384. The first-order valence-electron chi connectivity index (χ1n) is 4.99. The standard InChI is InChI=1S/C8H8FN5O2.C2H4O2/c9-7-2-1-6(14(15)16)3-5(7)4-12-13-8(10)11;1-2(3)4/h1-4H,(H4,10,11,13);1H3,(H,3,4)/b12-4+;. The number of nitro groups is 1. The predicted octanol–water partition coefficient (Wildman–Crippen LogP) is 0.432. The summed E-state index contributed by atoms with van der Waals surface area (Å²) in [7, 11) is 0. The second-order valence-corrected chi connectivity index (χ2v) is 3.25. The van der Waals surface area contributed by atoms with Crippen molar-refractivity contribution in [3.8, 4) is 0 Å². The topological polar surface area (TPSA) is 157 Å². The fraction of sp³-hybridized carbons (Fsp3) is 0.100. The number of guanidine groups is 1. The number of hydrogen-bond acceptors (Lipinski definition) is 5. The van der Waals surface area contributed by atoms with Crippen molar-refractivity contribution >= 4 is 23.8 Å². The molecule has 0 unspecified atom stereocenters. The highest BCUT2D eigenvalue weighted by Crippen LogP contribution is 2.15. The van der Waals surface area contributed by atoms with Crippen molar-refractivity contribution in [2.24, 2.45) is 21.7 Å². The number of halogens is 1. The van der Waals surface area contributed by atoms with Crippen molar-refractivity contribution in [2.75, 3.05) is 0 Å². The van der Waals surface area contributed by atoms with Crippen LogP contribution in [0.5, 0.6) is 0 Å². The van der Waals surface area contributed by atoms with E-state index in [2.05, 4.69) is 10.2 Å². The summed E-state index contributed by atoms with van der Waals surface area (Å²) in [5.74, 6) is -1.78. The van der Waals surface area contributed by atoms with Crippen LogP contribution in [-0.4, -0.2) is 28.2 Å². The van der Waals surface area contributed by atoms with E-state index in [1.807, 2.05) is 0 Å². The number of benzene rings is 1. The normalized spacial score (nSPS) is 9.50. The molecule has 0 fully saturated rings. The predicted molar refractivity (Wildman–Crippen MR) is 69.8 cm³/mol. The molecular formula is C10H12FN5O4. The highest BCUT2D eigenvalue weighted by Gasteiger charge is 2.08. The summed E-state index contributed by atoms with van der Waals surface area (Å²) < 4.78 is 13.1. The fourth-order valence-corrected chi connectivity index (χ4v) is 0.901. The molecule has 0 aliphatic rings. The first-order valence-corrected chi connectivity index (χ1v) is 4.99. The van der Waals surface area contributed by atoms with Crippen LogP contribution < -0.4 is 11.5 Å². The molecule has 0 spiro atoms. The molecule has 1 aromatic rings. The Morgan fingerprint density at radius 2 is 2.05 bits per heavy atom. The number of carboxylic acids is 1. The monoisotopic (exact) mass is 285 g/mol. The molecule has 5 N–H and O–H groups in total. The summed E-state index contributed by atoms with van der Waals surface area (Å²) in [6.07, 6.45) is 0.988. The van der Waals surface area contributed by atoms with Crippen LogP contribution in [0, 0.1) is 15.9 Å². The van der Waals surface area contributed by atoms with E-state index >= 15 is 0 Å². The van der Waals surface area contributed by atoms with Crippen molar-refractivity contribution in [1.29, 1.82) is 0 Å². The Labute approximate surface area is 112 Å². The zero-order valence-electron chi connectivity index (χ0n) is 10.4. The van der Waals surface area contributed by atoms with Gasteiger partial charge in [-0.15, -0.1) is 5.10 Å². The Kier molecular flexibility index (Phi) is 6.89. The average Bonchev–Trinajstić information content (AvgIpc) is 2.30. The molecule has 0 atom stereocenters. The number of nitrogens with zero attached hydrogens (tertiary/aromatic N) is 3. The van der Waals surface area contributed by atoms with Gasteiger partial charge in [0.1, 0.15) is 5.82 Å². The highest BCUT2D eigenvalue weighted by molar-refractivity contribution is 5.82. The van der Waals surface area contributed by atoms with Crippen LogP contribution in [0.25, 0.3) is 0 Å². The van der Waals surface area contributed by atoms with Gasteiger partial charge in [-0.1, -0.05) is 0 Å². The van der Waals surface area contributed by atoms with Crippen LogP contribution in [0.2, 0.25) is 0 Å². The molecule has 0 amide bonds. The molecule has 9 nitrogen and oxygen atoms in total. The van der Waals surface area contributed by atoms with Crippen LogP contribution in [0.15, 0.2) is 28.4 Å². The van der Waals surface area contributed by atoms with Gasteiger partial charge in [-0.05, 0) is 6.07 Å². The van der Waals surface area contributed by atoms with Crippen molar-refractivity contribution < 1.29 is 19.2 Å². The van der Waals surface area contributed by atoms with E-state index in [0.717, 1.165) is 31.3 Å². The second-order valence-electron chi connectivity index (χ2n) is 3.25. The molecule has 1 rings (SSSR count). The Bertz CT molecular complexity index is 551. The highest BCUT2D eigenvalue weighted by atomic mass is 19.1. The summed E-state index contributed by atoms with van der Waals surface area (Å²) in [6.45, 7) is 1.08. The zero-order valence-corrected chi connectivity index (χ0v) is 10.4. The molecule has 0 aliphatic carbocycles. The van der Waals surface area contributed by atoms with Gasteiger partial charge in [0.15, 0.2) is 0 Å². The first kappa shape index (κ1) is 17.0. The van der Waals surface area contributed by atoms with E-state index in [9.17, 15) is 14.5 Å². The largest absolute Gasteiger partial charge is 0.481 e. The summed E-state index contributed by atoms with van der Waals surface area (Å²) >= 11 is 0. The lowest BCUT2D eigenvalue weighted by atomic mass is 10.2. The average molecular weight is 285 g/mol. The number of nitro benzene ring substituents is 1. The molecule has 1 aromatic carbocycles. The minimum atomic E-state index is -0.833. The van der Waals surface area contributed by atoms with E-state index in [0.29, 0.717) is 0 Å². The number of non-ortho nitro benzene ring substituents is 1. The van der Waals surface area contributed by atoms with Gasteiger partial charge in [-0.2, -0.15) is 5.10 Å². The molecule has 0 aliphatic heterocycles. The van der Waals surface area contributed by atoms with Crippen molar-refractivity contribution in [1.82, 2.24) is 0 Å². The van der Waals surface area contributed by atoms with Gasteiger partial charge in [0, 0.05) is 24.6 Å². The summed E-state index contributed by atoms with van der Waals surface area (Å²) in [6, 6.07) is 3.04. The van der Waals surface area contributed by atoms with Crippen molar-refractivity contribution in [2.45, 2.75) is 6.92 Å². The molecule has 0 saturated heterocycles. The van der Waals surface area contributed by atoms with Crippen LogP contribution >= 0.6 is 0 Å². The number of rotatable bonds is 3. The van der Waals surface area contributed by atoms with Gasteiger partial charge in [0.2, 0.25) is 5.96 Å².